The molecule has 2 atom stereocenters. The smallest absolute Gasteiger partial charge is 0.410 e. The molecule has 9 heteroatoms. The molecule has 4 aliphatic rings. The Hall–Kier alpha value is -3.36. The molecule has 1 aliphatic heterocycles. The number of carbonyl (C=O) groups excluding carboxylic acids is 2. The molecule has 1 aromatic heterocycles. The summed E-state index contributed by atoms with van der Waals surface area (Å²) in [6.07, 6.45) is 7.81. The van der Waals surface area contributed by atoms with E-state index in [9.17, 15) is 9.59 Å². The molecule has 1 saturated heterocycles. The quantitative estimate of drug-likeness (QED) is 0.355. The molecule has 3 aliphatic carbocycles. The van der Waals surface area contributed by atoms with Crippen molar-refractivity contribution in [1.82, 2.24) is 19.9 Å². The van der Waals surface area contributed by atoms with Gasteiger partial charge in [-0.3, -0.25) is 0 Å². The van der Waals surface area contributed by atoms with Crippen LogP contribution < -0.4 is 0 Å². The average Bonchev–Trinajstić information content (AvgIpc) is 3.85. The summed E-state index contributed by atoms with van der Waals surface area (Å²) in [7, 11) is 0. The van der Waals surface area contributed by atoms with Crippen LogP contribution >= 0.6 is 0 Å². The van der Waals surface area contributed by atoms with E-state index >= 15 is 0 Å². The summed E-state index contributed by atoms with van der Waals surface area (Å²) in [5.41, 5.74) is 0.729. The van der Waals surface area contributed by atoms with Gasteiger partial charge in [-0.15, -0.1) is 0 Å². The molecule has 1 aromatic carbocycles. The lowest BCUT2D eigenvalue weighted by Gasteiger charge is -2.51. The minimum atomic E-state index is -0.479. The van der Waals surface area contributed by atoms with Gasteiger partial charge in [0.15, 0.2) is 5.82 Å². The number of hydrogen-bond acceptors (Lipinski definition) is 7. The van der Waals surface area contributed by atoms with Crippen molar-refractivity contribution in [2.45, 2.75) is 94.6 Å². The van der Waals surface area contributed by atoms with E-state index in [0.29, 0.717) is 24.2 Å². The molecule has 2 heterocycles. The summed E-state index contributed by atoms with van der Waals surface area (Å²) in [5.74, 6) is 1.99. The Bertz CT molecular complexity index is 1260. The predicted molar refractivity (Wildman–Crippen MR) is 152 cm³/mol. The lowest BCUT2D eigenvalue weighted by molar-refractivity contribution is -0.0161. The zero-order chi connectivity index (χ0) is 28.8. The van der Waals surface area contributed by atoms with Crippen LogP contribution in [0.25, 0.3) is 0 Å². The van der Waals surface area contributed by atoms with Crippen LogP contribution in [-0.4, -0.2) is 70.0 Å². The first kappa shape index (κ1) is 27.8. The van der Waals surface area contributed by atoms with Crippen LogP contribution in [0.5, 0.6) is 0 Å². The van der Waals surface area contributed by atoms with Crippen molar-refractivity contribution in [2.75, 3.05) is 26.2 Å². The number of hydrogen-bond donors (Lipinski definition) is 0. The average molecular weight is 563 g/mol. The highest BCUT2D eigenvalue weighted by Crippen LogP contribution is 2.57. The van der Waals surface area contributed by atoms with E-state index in [0.717, 1.165) is 58.0 Å². The van der Waals surface area contributed by atoms with Gasteiger partial charge in [0.2, 0.25) is 5.89 Å². The Morgan fingerprint density at radius 2 is 1.85 bits per heavy atom. The van der Waals surface area contributed by atoms with Crippen molar-refractivity contribution in [3.63, 3.8) is 0 Å². The third-order valence-electron chi connectivity index (χ3n) is 9.37. The van der Waals surface area contributed by atoms with Crippen LogP contribution in [0.1, 0.15) is 94.8 Å². The van der Waals surface area contributed by atoms with Crippen molar-refractivity contribution >= 4 is 12.2 Å². The Morgan fingerprint density at radius 1 is 1.15 bits per heavy atom. The lowest BCUT2D eigenvalue weighted by atomic mass is 9.57. The number of piperidine rings is 1. The van der Waals surface area contributed by atoms with E-state index in [1.807, 2.05) is 48.8 Å². The van der Waals surface area contributed by atoms with E-state index in [-0.39, 0.29) is 41.6 Å². The maximum Gasteiger partial charge on any atom is 0.410 e. The molecule has 1 unspecified atom stereocenters. The minimum absolute atomic E-state index is 0.108. The van der Waals surface area contributed by atoms with Crippen LogP contribution in [0.3, 0.4) is 0 Å². The van der Waals surface area contributed by atoms with E-state index in [1.165, 1.54) is 5.56 Å². The van der Waals surface area contributed by atoms with Crippen LogP contribution in [0.2, 0.25) is 0 Å². The second-order valence-corrected chi connectivity index (χ2v) is 13.6. The number of aromatic nitrogens is 2. The highest BCUT2D eigenvalue weighted by molar-refractivity contribution is 5.69. The Morgan fingerprint density at radius 3 is 2.49 bits per heavy atom. The van der Waals surface area contributed by atoms with E-state index in [4.69, 9.17) is 19.0 Å². The van der Waals surface area contributed by atoms with Gasteiger partial charge in [0, 0.05) is 37.5 Å². The zero-order valence-electron chi connectivity index (χ0n) is 24.5. The molecule has 220 valence electrons. The first-order valence-electron chi connectivity index (χ1n) is 15.0. The minimum Gasteiger partial charge on any atom is -0.445 e. The van der Waals surface area contributed by atoms with Gasteiger partial charge in [-0.05, 0) is 76.7 Å². The maximum absolute atomic E-state index is 13.1. The second kappa shape index (κ2) is 10.5. The molecule has 0 bridgehead atoms. The van der Waals surface area contributed by atoms with Gasteiger partial charge < -0.3 is 23.8 Å². The van der Waals surface area contributed by atoms with Gasteiger partial charge in [0.25, 0.3) is 0 Å². The number of amides is 2. The molecular formula is C32H42N4O5. The summed E-state index contributed by atoms with van der Waals surface area (Å²) in [6, 6.07) is 10.5. The monoisotopic (exact) mass is 562 g/mol. The van der Waals surface area contributed by atoms with Crippen LogP contribution in [-0.2, 0) is 14.9 Å². The standard InChI is InChI=1S/C32H42N4O5/c1-5-17-39-29(38)36(25-18-24(25)22-9-7-6-8-10-22)21-32(11-12-32)27-33-26(41-34-27)23-19-31(20-23)13-15-35(16-14-31)28(37)40-30(2,3)4/h5-10,23-25H,1,11-21H2,2-4H3/t24?,25-/m0/s1. The fourth-order valence-corrected chi connectivity index (χ4v) is 6.72. The molecule has 9 nitrogen and oxygen atoms in total. The van der Waals surface area contributed by atoms with Gasteiger partial charge in [-0.2, -0.15) is 4.98 Å². The van der Waals surface area contributed by atoms with Crippen molar-refractivity contribution in [3.05, 3.63) is 60.3 Å². The van der Waals surface area contributed by atoms with Gasteiger partial charge in [-0.1, -0.05) is 48.1 Å². The second-order valence-electron chi connectivity index (χ2n) is 13.6. The normalized spacial score (nSPS) is 24.3. The predicted octanol–water partition coefficient (Wildman–Crippen LogP) is 6.18. The van der Waals surface area contributed by atoms with Gasteiger partial charge in [-0.25, -0.2) is 9.59 Å². The zero-order valence-corrected chi connectivity index (χ0v) is 24.5. The van der Waals surface area contributed by atoms with Crippen molar-refractivity contribution in [1.29, 1.82) is 0 Å². The fourth-order valence-electron chi connectivity index (χ4n) is 6.72. The molecule has 41 heavy (non-hydrogen) atoms. The third-order valence-corrected chi connectivity index (χ3v) is 9.37. The third kappa shape index (κ3) is 5.86. The number of likely N-dealkylation sites (tertiary alicyclic amines) is 1. The molecule has 1 spiro atoms. The molecule has 2 aromatic rings. The number of nitrogens with zero attached hydrogens (tertiary/aromatic N) is 4. The largest absolute Gasteiger partial charge is 0.445 e. The fraction of sp³-hybridized carbons (Fsp3) is 0.625. The summed E-state index contributed by atoms with van der Waals surface area (Å²) in [4.78, 5) is 34.2. The lowest BCUT2D eigenvalue weighted by Crippen LogP contribution is -2.49. The first-order valence-corrected chi connectivity index (χ1v) is 15.0. The van der Waals surface area contributed by atoms with Crippen LogP contribution in [0.15, 0.2) is 47.5 Å². The highest BCUT2D eigenvalue weighted by Gasteiger charge is 2.56. The van der Waals surface area contributed by atoms with Gasteiger partial charge >= 0.3 is 12.2 Å². The molecule has 2 amide bonds. The topological polar surface area (TPSA) is 98.0 Å². The number of rotatable bonds is 8. The summed E-state index contributed by atoms with van der Waals surface area (Å²) >= 11 is 0. The SMILES string of the molecule is C=CCOC(=O)N(CC1(c2noc(C3CC4(CCN(C(=O)OC(C)(C)C)CC4)C3)n2)CC1)[C@H]1CC1c1ccccc1. The number of benzene rings is 1. The van der Waals surface area contributed by atoms with Gasteiger partial charge in [0.1, 0.15) is 12.2 Å². The Labute approximate surface area is 242 Å². The van der Waals surface area contributed by atoms with Crippen molar-refractivity contribution in [2.24, 2.45) is 5.41 Å². The maximum atomic E-state index is 13.1. The number of carbonyl (C=O) groups is 2. The van der Waals surface area contributed by atoms with Crippen molar-refractivity contribution in [3.8, 4) is 0 Å². The summed E-state index contributed by atoms with van der Waals surface area (Å²) in [6.45, 7) is 11.6. The van der Waals surface area contributed by atoms with E-state index in [2.05, 4.69) is 23.9 Å². The molecule has 6 rings (SSSR count). The molecule has 0 N–H and O–H groups in total. The number of ether oxygens (including phenoxy) is 2. The molecule has 0 radical (unpaired) electrons. The molecule has 3 saturated carbocycles. The molecular weight excluding hydrogens is 520 g/mol. The first-order chi connectivity index (χ1) is 19.6. The molecule has 4 fully saturated rings. The van der Waals surface area contributed by atoms with Crippen molar-refractivity contribution < 1.29 is 23.6 Å². The van der Waals surface area contributed by atoms with E-state index in [1.54, 1.807) is 6.08 Å². The summed E-state index contributed by atoms with van der Waals surface area (Å²) < 4.78 is 16.9. The van der Waals surface area contributed by atoms with E-state index < -0.39 is 5.60 Å². The van der Waals surface area contributed by atoms with Crippen LogP contribution in [0, 0.1) is 5.41 Å². The summed E-state index contributed by atoms with van der Waals surface area (Å²) in [5, 5.41) is 4.44. The Balaban J connectivity index is 1.07. The van der Waals surface area contributed by atoms with Gasteiger partial charge in [0.05, 0.1) is 5.41 Å². The Kier molecular flexibility index (Phi) is 7.10. The highest BCUT2D eigenvalue weighted by atomic mass is 16.6. The van der Waals surface area contributed by atoms with Crippen LogP contribution in [0.4, 0.5) is 9.59 Å².